The molecule has 0 atom stereocenters. The lowest BCUT2D eigenvalue weighted by molar-refractivity contribution is -0.221. The largest absolute Gasteiger partial charge is 0.441 e. The van der Waals surface area contributed by atoms with E-state index in [2.05, 4.69) is 0 Å². The van der Waals surface area contributed by atoms with E-state index in [0.29, 0.717) is 28.9 Å². The molecule has 1 aromatic rings. The molecule has 1 rings (SSSR count). The Hall–Kier alpha value is -1.67. The summed E-state index contributed by atoms with van der Waals surface area (Å²) in [7, 11) is 5.76. The maximum absolute atomic E-state index is 11.1. The number of hydrogen-bond donors (Lipinski definition) is 0. The second kappa shape index (κ2) is 8.58. The van der Waals surface area contributed by atoms with Crippen molar-refractivity contribution < 1.29 is 33.2 Å². The van der Waals surface area contributed by atoms with E-state index in [1.54, 1.807) is 19.1 Å². The molecule has 7 nitrogen and oxygen atoms in total. The third kappa shape index (κ3) is 4.40. The van der Waals surface area contributed by atoms with Gasteiger partial charge in [-0.3, -0.25) is 4.79 Å². The molecule has 7 heteroatoms. The van der Waals surface area contributed by atoms with E-state index in [1.165, 1.54) is 28.4 Å². The molecule has 0 N–H and O–H groups in total. The lowest BCUT2D eigenvalue weighted by Crippen LogP contribution is -2.23. The summed E-state index contributed by atoms with van der Waals surface area (Å²) < 4.78 is 30.9. The molecular weight excluding hydrogens is 280 g/mol. The number of rotatable bonds is 9. The molecule has 0 aliphatic rings. The first kappa shape index (κ1) is 17.4. The van der Waals surface area contributed by atoms with E-state index in [9.17, 15) is 4.79 Å². The fourth-order valence-corrected chi connectivity index (χ4v) is 1.66. The predicted molar refractivity (Wildman–Crippen MR) is 73.4 cm³/mol. The van der Waals surface area contributed by atoms with E-state index in [4.69, 9.17) is 28.4 Å². The molecule has 0 unspecified atom stereocenters. The first-order chi connectivity index (χ1) is 10.1. The average molecular weight is 300 g/mol. The van der Waals surface area contributed by atoms with Crippen LogP contribution in [0.2, 0.25) is 0 Å². The van der Waals surface area contributed by atoms with Crippen LogP contribution in [0.5, 0.6) is 11.5 Å². The molecule has 0 heterocycles. The molecule has 0 spiro atoms. The summed E-state index contributed by atoms with van der Waals surface area (Å²) in [6.45, 7) is -0.0554. The molecule has 0 saturated heterocycles. The van der Waals surface area contributed by atoms with E-state index < -0.39 is 13.0 Å². The Morgan fingerprint density at radius 3 is 1.90 bits per heavy atom. The zero-order chi connectivity index (χ0) is 15.8. The average Bonchev–Trinajstić information content (AvgIpc) is 2.52. The molecule has 0 amide bonds. The van der Waals surface area contributed by atoms with E-state index in [1.807, 2.05) is 0 Å². The SMILES string of the molecule is COC(OC)Oc1ccc(C=O)c(OC(OC)OC)c1C. The van der Waals surface area contributed by atoms with Crippen LogP contribution in [-0.2, 0) is 18.9 Å². The standard InChI is InChI=1S/C14H20O7/c1-9-11(20-13(16-2)17-3)7-6-10(8-15)12(9)21-14(18-4)19-5/h6-8,13-14H,1-5H3. The number of carbonyl (C=O) groups excluding carboxylic acids is 1. The number of benzene rings is 1. The lowest BCUT2D eigenvalue weighted by Gasteiger charge is -2.21. The first-order valence-electron chi connectivity index (χ1n) is 6.14. The zero-order valence-corrected chi connectivity index (χ0v) is 12.7. The molecular formula is C14H20O7. The van der Waals surface area contributed by atoms with E-state index in [-0.39, 0.29) is 0 Å². The molecule has 0 aliphatic carbocycles. The fraction of sp³-hybridized carbons (Fsp3) is 0.500. The molecule has 0 saturated carbocycles. The maximum Gasteiger partial charge on any atom is 0.315 e. The fourth-order valence-electron chi connectivity index (χ4n) is 1.66. The molecule has 0 radical (unpaired) electrons. The predicted octanol–water partition coefficient (Wildman–Crippen LogP) is 1.72. The number of ether oxygens (including phenoxy) is 6. The summed E-state index contributed by atoms with van der Waals surface area (Å²) in [5, 5.41) is 0. The van der Waals surface area contributed by atoms with Gasteiger partial charge in [-0.05, 0) is 19.1 Å². The summed E-state index contributed by atoms with van der Waals surface area (Å²) in [6, 6.07) is 3.20. The molecule has 118 valence electrons. The minimum atomic E-state index is -0.932. The highest BCUT2D eigenvalue weighted by Crippen LogP contribution is 2.32. The van der Waals surface area contributed by atoms with Gasteiger partial charge in [-0.25, -0.2) is 0 Å². The highest BCUT2D eigenvalue weighted by Gasteiger charge is 2.18. The van der Waals surface area contributed by atoms with Gasteiger partial charge in [-0.15, -0.1) is 0 Å². The highest BCUT2D eigenvalue weighted by atomic mass is 16.8. The Labute approximate surface area is 123 Å². The molecule has 0 aromatic heterocycles. The number of aldehydes is 1. The molecule has 0 aliphatic heterocycles. The topological polar surface area (TPSA) is 72.5 Å². The minimum Gasteiger partial charge on any atom is -0.441 e. The van der Waals surface area contributed by atoms with Crippen molar-refractivity contribution in [2.45, 2.75) is 19.9 Å². The van der Waals surface area contributed by atoms with Crippen LogP contribution in [0, 0.1) is 6.92 Å². The molecule has 21 heavy (non-hydrogen) atoms. The lowest BCUT2D eigenvalue weighted by atomic mass is 10.1. The summed E-state index contributed by atoms with van der Waals surface area (Å²) in [5.41, 5.74) is 0.947. The van der Waals surface area contributed by atoms with Crippen molar-refractivity contribution in [3.63, 3.8) is 0 Å². The van der Waals surface area contributed by atoms with Crippen molar-refractivity contribution in [2.75, 3.05) is 28.4 Å². The summed E-state index contributed by atoms with van der Waals surface area (Å²) in [5.74, 6) is 0.761. The summed E-state index contributed by atoms with van der Waals surface area (Å²) in [4.78, 5) is 11.1. The van der Waals surface area contributed by atoms with Gasteiger partial charge in [0, 0.05) is 34.0 Å². The smallest absolute Gasteiger partial charge is 0.315 e. The van der Waals surface area contributed by atoms with Crippen molar-refractivity contribution in [2.24, 2.45) is 0 Å². The van der Waals surface area contributed by atoms with Crippen LogP contribution in [0.15, 0.2) is 12.1 Å². The van der Waals surface area contributed by atoms with Gasteiger partial charge >= 0.3 is 13.0 Å². The molecule has 0 fully saturated rings. The van der Waals surface area contributed by atoms with Crippen molar-refractivity contribution in [1.82, 2.24) is 0 Å². The summed E-state index contributed by atoms with van der Waals surface area (Å²) in [6.07, 6.45) is 0.679. The molecule has 0 bridgehead atoms. The van der Waals surface area contributed by atoms with Crippen LogP contribution >= 0.6 is 0 Å². The van der Waals surface area contributed by atoms with Crippen LogP contribution in [-0.4, -0.2) is 47.7 Å². The van der Waals surface area contributed by atoms with Crippen LogP contribution in [0.3, 0.4) is 0 Å². The second-order valence-electron chi connectivity index (χ2n) is 3.98. The summed E-state index contributed by atoms with van der Waals surface area (Å²) >= 11 is 0. The third-order valence-electron chi connectivity index (χ3n) is 2.72. The van der Waals surface area contributed by atoms with Crippen molar-refractivity contribution in [3.05, 3.63) is 23.3 Å². The van der Waals surface area contributed by atoms with Gasteiger partial charge in [0.15, 0.2) is 6.29 Å². The van der Waals surface area contributed by atoms with E-state index >= 15 is 0 Å². The number of methoxy groups -OCH3 is 4. The third-order valence-corrected chi connectivity index (χ3v) is 2.72. The first-order valence-corrected chi connectivity index (χ1v) is 6.14. The van der Waals surface area contributed by atoms with Gasteiger partial charge in [0.2, 0.25) is 0 Å². The Balaban J connectivity index is 3.11. The zero-order valence-electron chi connectivity index (χ0n) is 12.7. The Morgan fingerprint density at radius 2 is 1.43 bits per heavy atom. The van der Waals surface area contributed by atoms with Gasteiger partial charge in [-0.2, -0.15) is 0 Å². The van der Waals surface area contributed by atoms with E-state index in [0.717, 1.165) is 0 Å². The van der Waals surface area contributed by atoms with Crippen LogP contribution in [0.25, 0.3) is 0 Å². The van der Waals surface area contributed by atoms with Gasteiger partial charge in [0.25, 0.3) is 0 Å². The second-order valence-corrected chi connectivity index (χ2v) is 3.98. The van der Waals surface area contributed by atoms with Gasteiger partial charge in [0.05, 0.1) is 5.56 Å². The minimum absolute atomic E-state index is 0.308. The van der Waals surface area contributed by atoms with Gasteiger partial charge < -0.3 is 28.4 Å². The van der Waals surface area contributed by atoms with Crippen LogP contribution in [0.1, 0.15) is 15.9 Å². The highest BCUT2D eigenvalue weighted by molar-refractivity contribution is 5.81. The van der Waals surface area contributed by atoms with Gasteiger partial charge in [-0.1, -0.05) is 0 Å². The number of carbonyl (C=O) groups is 1. The Bertz CT molecular complexity index is 453. The number of hydrogen-bond acceptors (Lipinski definition) is 7. The quantitative estimate of drug-likeness (QED) is 0.508. The van der Waals surface area contributed by atoms with Gasteiger partial charge in [0.1, 0.15) is 11.5 Å². The van der Waals surface area contributed by atoms with Crippen molar-refractivity contribution in [3.8, 4) is 11.5 Å². The van der Waals surface area contributed by atoms with Crippen LogP contribution < -0.4 is 9.47 Å². The van der Waals surface area contributed by atoms with Crippen molar-refractivity contribution >= 4 is 6.29 Å². The van der Waals surface area contributed by atoms with Crippen LogP contribution in [0.4, 0.5) is 0 Å². The Morgan fingerprint density at radius 1 is 0.905 bits per heavy atom. The normalized spacial score (nSPS) is 11.0. The Kier molecular flexibility index (Phi) is 7.10. The maximum atomic E-state index is 11.1. The molecule has 1 aromatic carbocycles. The monoisotopic (exact) mass is 300 g/mol. The van der Waals surface area contributed by atoms with Crippen molar-refractivity contribution in [1.29, 1.82) is 0 Å².